The molecule has 1 aliphatic heterocycles. The van der Waals surface area contributed by atoms with Gasteiger partial charge in [-0.1, -0.05) is 26.0 Å². The van der Waals surface area contributed by atoms with Crippen LogP contribution in [-0.2, 0) is 13.0 Å². The molecule has 0 spiro atoms. The average Bonchev–Trinajstić information content (AvgIpc) is 2.87. The van der Waals surface area contributed by atoms with Crippen LogP contribution in [0.4, 0.5) is 8.78 Å². The van der Waals surface area contributed by atoms with Crippen LogP contribution in [0.25, 0.3) is 0 Å². The fraction of sp³-hybridized carbons (Fsp3) is 0.467. The number of hydrogen-bond acceptors (Lipinski definition) is 3. The van der Waals surface area contributed by atoms with E-state index in [-0.39, 0.29) is 12.5 Å². The molecule has 1 unspecified atom stereocenters. The molecule has 0 radical (unpaired) electrons. The minimum Gasteiger partial charge on any atom is -0.312 e. The molecule has 6 heteroatoms. The quantitative estimate of drug-likeness (QED) is 0.945. The highest BCUT2D eigenvalue weighted by atomic mass is 19.2. The summed E-state index contributed by atoms with van der Waals surface area (Å²) in [6.07, 6.45) is 0.251. The minimum absolute atomic E-state index is 0.150. The highest BCUT2D eigenvalue weighted by Gasteiger charge is 2.27. The fourth-order valence-electron chi connectivity index (χ4n) is 2.77. The van der Waals surface area contributed by atoms with E-state index in [0.29, 0.717) is 17.3 Å². The van der Waals surface area contributed by atoms with Crippen molar-refractivity contribution < 1.29 is 8.78 Å². The molecule has 1 aromatic carbocycles. The monoisotopic (exact) mass is 292 g/mol. The number of rotatable bonds is 3. The van der Waals surface area contributed by atoms with Crippen molar-refractivity contribution in [3.8, 4) is 0 Å². The maximum absolute atomic E-state index is 13.8. The first-order valence-electron chi connectivity index (χ1n) is 7.16. The fourth-order valence-corrected chi connectivity index (χ4v) is 2.77. The van der Waals surface area contributed by atoms with Crippen molar-refractivity contribution in [2.24, 2.45) is 5.92 Å². The van der Waals surface area contributed by atoms with Gasteiger partial charge in [-0.3, -0.25) is 0 Å². The van der Waals surface area contributed by atoms with E-state index in [9.17, 15) is 8.78 Å². The van der Waals surface area contributed by atoms with Crippen molar-refractivity contribution in [3.63, 3.8) is 0 Å². The summed E-state index contributed by atoms with van der Waals surface area (Å²) in [6, 6.07) is 4.37. The van der Waals surface area contributed by atoms with Gasteiger partial charge in [0.2, 0.25) is 0 Å². The SMILES string of the molecule is CC(C)C1NCCn2c(Cc3cccc(F)c3F)nnc21. The van der Waals surface area contributed by atoms with E-state index in [4.69, 9.17) is 0 Å². The zero-order valence-electron chi connectivity index (χ0n) is 12.1. The van der Waals surface area contributed by atoms with E-state index in [2.05, 4.69) is 29.4 Å². The normalized spacial score (nSPS) is 18.0. The Balaban J connectivity index is 1.93. The zero-order valence-corrected chi connectivity index (χ0v) is 12.1. The molecule has 2 heterocycles. The van der Waals surface area contributed by atoms with E-state index >= 15 is 0 Å². The number of nitrogens with one attached hydrogen (secondary N) is 1. The second-order valence-electron chi connectivity index (χ2n) is 5.69. The highest BCUT2D eigenvalue weighted by Crippen LogP contribution is 2.25. The Labute approximate surface area is 122 Å². The number of benzene rings is 1. The van der Waals surface area contributed by atoms with Crippen LogP contribution in [0.5, 0.6) is 0 Å². The second-order valence-corrected chi connectivity index (χ2v) is 5.69. The summed E-state index contributed by atoms with van der Waals surface area (Å²) in [5.41, 5.74) is 0.310. The van der Waals surface area contributed by atoms with Gasteiger partial charge in [0.1, 0.15) is 5.82 Å². The van der Waals surface area contributed by atoms with E-state index in [0.717, 1.165) is 25.0 Å². The molecule has 0 bridgehead atoms. The maximum atomic E-state index is 13.8. The highest BCUT2D eigenvalue weighted by molar-refractivity contribution is 5.23. The van der Waals surface area contributed by atoms with Crippen molar-refractivity contribution in [1.29, 1.82) is 0 Å². The largest absolute Gasteiger partial charge is 0.312 e. The molecule has 0 saturated heterocycles. The van der Waals surface area contributed by atoms with Crippen molar-refractivity contribution >= 4 is 0 Å². The lowest BCUT2D eigenvalue weighted by atomic mass is 10.0. The lowest BCUT2D eigenvalue weighted by Crippen LogP contribution is -2.37. The third-order valence-electron chi connectivity index (χ3n) is 3.88. The Kier molecular flexibility index (Phi) is 3.71. The Hall–Kier alpha value is -1.82. The molecule has 21 heavy (non-hydrogen) atoms. The topological polar surface area (TPSA) is 42.7 Å². The van der Waals surface area contributed by atoms with Crippen LogP contribution in [0.2, 0.25) is 0 Å². The van der Waals surface area contributed by atoms with Crippen LogP contribution < -0.4 is 5.32 Å². The predicted octanol–water partition coefficient (Wildman–Crippen LogP) is 2.45. The van der Waals surface area contributed by atoms with Crippen LogP contribution >= 0.6 is 0 Å². The summed E-state index contributed by atoms with van der Waals surface area (Å²) in [5, 5.41) is 11.8. The molecule has 0 aliphatic carbocycles. The molecular weight excluding hydrogens is 274 g/mol. The number of hydrogen-bond donors (Lipinski definition) is 1. The van der Waals surface area contributed by atoms with Crippen molar-refractivity contribution in [3.05, 3.63) is 47.0 Å². The van der Waals surface area contributed by atoms with Crippen molar-refractivity contribution in [1.82, 2.24) is 20.1 Å². The molecule has 1 atom stereocenters. The van der Waals surface area contributed by atoms with Crippen LogP contribution in [0, 0.1) is 17.6 Å². The first-order chi connectivity index (χ1) is 10.1. The Morgan fingerprint density at radius 2 is 2.14 bits per heavy atom. The van der Waals surface area contributed by atoms with Gasteiger partial charge in [-0.2, -0.15) is 0 Å². The van der Waals surface area contributed by atoms with Gasteiger partial charge in [0, 0.05) is 19.5 Å². The van der Waals surface area contributed by atoms with Gasteiger partial charge in [-0.25, -0.2) is 8.78 Å². The first kappa shape index (κ1) is 14.1. The average molecular weight is 292 g/mol. The summed E-state index contributed by atoms with van der Waals surface area (Å²) < 4.78 is 29.1. The third kappa shape index (κ3) is 2.55. The maximum Gasteiger partial charge on any atom is 0.162 e. The van der Waals surface area contributed by atoms with E-state index in [1.54, 1.807) is 6.07 Å². The summed E-state index contributed by atoms with van der Waals surface area (Å²) >= 11 is 0. The Bertz CT molecular complexity index is 651. The van der Waals surface area contributed by atoms with Gasteiger partial charge in [0.25, 0.3) is 0 Å². The van der Waals surface area contributed by atoms with Crippen LogP contribution in [0.3, 0.4) is 0 Å². The molecule has 112 valence electrons. The van der Waals surface area contributed by atoms with E-state index < -0.39 is 11.6 Å². The lowest BCUT2D eigenvalue weighted by molar-refractivity contribution is 0.335. The molecule has 0 fully saturated rings. The molecule has 1 N–H and O–H groups in total. The Morgan fingerprint density at radius 1 is 1.33 bits per heavy atom. The molecule has 1 aliphatic rings. The van der Waals surface area contributed by atoms with Gasteiger partial charge in [-0.15, -0.1) is 10.2 Å². The molecule has 0 amide bonds. The van der Waals surface area contributed by atoms with Crippen molar-refractivity contribution in [2.45, 2.75) is 32.9 Å². The zero-order chi connectivity index (χ0) is 15.0. The van der Waals surface area contributed by atoms with E-state index in [1.807, 2.05) is 4.57 Å². The van der Waals surface area contributed by atoms with Crippen LogP contribution in [0.1, 0.15) is 37.1 Å². The van der Waals surface area contributed by atoms with Gasteiger partial charge >= 0.3 is 0 Å². The summed E-state index contributed by atoms with van der Waals surface area (Å²) in [7, 11) is 0. The third-order valence-corrected chi connectivity index (χ3v) is 3.88. The standard InChI is InChI=1S/C15H18F2N4/c1-9(2)14-15-20-19-12(21(15)7-6-18-14)8-10-4-3-5-11(16)13(10)17/h3-5,9,14,18H,6-8H2,1-2H3. The lowest BCUT2D eigenvalue weighted by Gasteiger charge is -2.27. The van der Waals surface area contributed by atoms with Gasteiger partial charge in [0.05, 0.1) is 6.04 Å². The number of nitrogens with zero attached hydrogens (tertiary/aromatic N) is 3. The molecule has 1 aromatic heterocycles. The Morgan fingerprint density at radius 3 is 2.90 bits per heavy atom. The smallest absolute Gasteiger partial charge is 0.162 e. The molecule has 4 nitrogen and oxygen atoms in total. The number of fused-ring (bicyclic) bond motifs is 1. The molecular formula is C15H18F2N4. The summed E-state index contributed by atoms with van der Waals surface area (Å²) in [4.78, 5) is 0. The van der Waals surface area contributed by atoms with Crippen LogP contribution in [-0.4, -0.2) is 21.3 Å². The first-order valence-corrected chi connectivity index (χ1v) is 7.16. The molecule has 3 rings (SSSR count). The van der Waals surface area contributed by atoms with Crippen LogP contribution in [0.15, 0.2) is 18.2 Å². The van der Waals surface area contributed by atoms with Gasteiger partial charge < -0.3 is 9.88 Å². The van der Waals surface area contributed by atoms with E-state index in [1.165, 1.54) is 6.07 Å². The number of aromatic nitrogens is 3. The van der Waals surface area contributed by atoms with Gasteiger partial charge in [-0.05, 0) is 17.5 Å². The molecule has 2 aromatic rings. The predicted molar refractivity (Wildman–Crippen MR) is 74.8 cm³/mol. The summed E-state index contributed by atoms with van der Waals surface area (Å²) in [6.45, 7) is 5.81. The number of halogens is 2. The minimum atomic E-state index is -0.826. The second kappa shape index (κ2) is 5.52. The van der Waals surface area contributed by atoms with Gasteiger partial charge in [0.15, 0.2) is 17.5 Å². The summed E-state index contributed by atoms with van der Waals surface area (Å²) in [5.74, 6) is 0.327. The molecule has 0 saturated carbocycles. The van der Waals surface area contributed by atoms with Crippen molar-refractivity contribution in [2.75, 3.05) is 6.54 Å².